The Hall–Kier alpha value is -4.68. The molecule has 0 heteroatoms. The zero-order valence-corrected chi connectivity index (χ0v) is 22.4. The first kappa shape index (κ1) is 23.2. The quantitative estimate of drug-likeness (QED) is 0.221. The number of allylic oxidation sites excluding steroid dienone is 2. The molecule has 0 saturated carbocycles. The average Bonchev–Trinajstić information content (AvgIpc) is 3.05. The van der Waals surface area contributed by atoms with Gasteiger partial charge in [0.2, 0.25) is 0 Å². The number of benzene rings is 6. The molecule has 40 heavy (non-hydrogen) atoms. The van der Waals surface area contributed by atoms with Crippen molar-refractivity contribution in [1.82, 2.24) is 0 Å². The van der Waals surface area contributed by atoms with Crippen LogP contribution in [0.1, 0.15) is 45.4 Å². The third-order valence-electron chi connectivity index (χ3n) is 9.46. The van der Waals surface area contributed by atoms with Gasteiger partial charge in [0, 0.05) is 10.8 Å². The first-order valence-corrected chi connectivity index (χ1v) is 14.3. The van der Waals surface area contributed by atoms with Gasteiger partial charge in [0.05, 0.1) is 0 Å². The smallest absolute Gasteiger partial charge is 0.0494 e. The van der Waals surface area contributed by atoms with Crippen molar-refractivity contribution < 1.29 is 0 Å². The normalized spacial score (nSPS) is 16.4. The van der Waals surface area contributed by atoms with Gasteiger partial charge in [-0.2, -0.15) is 0 Å². The Bertz CT molecular complexity index is 1780. The minimum atomic E-state index is -0.265. The third kappa shape index (κ3) is 3.14. The molecule has 0 saturated heterocycles. The number of rotatable bonds is 4. The van der Waals surface area contributed by atoms with Gasteiger partial charge in [-0.1, -0.05) is 158 Å². The minimum Gasteiger partial charge on any atom is -0.0779 e. The van der Waals surface area contributed by atoms with Gasteiger partial charge in [0.1, 0.15) is 0 Å². The van der Waals surface area contributed by atoms with Crippen molar-refractivity contribution in [3.8, 4) is 0 Å². The highest BCUT2D eigenvalue weighted by atomic mass is 14.5. The minimum absolute atomic E-state index is 0.264. The maximum atomic E-state index is 2.59. The Morgan fingerprint density at radius 1 is 0.425 bits per heavy atom. The van der Waals surface area contributed by atoms with Crippen LogP contribution in [-0.4, -0.2) is 0 Å². The van der Waals surface area contributed by atoms with Gasteiger partial charge < -0.3 is 0 Å². The van der Waals surface area contributed by atoms with Crippen LogP contribution >= 0.6 is 0 Å². The van der Waals surface area contributed by atoms with E-state index in [-0.39, 0.29) is 10.8 Å². The molecule has 0 amide bonds. The fourth-order valence-corrected chi connectivity index (χ4v) is 7.76. The monoisotopic (exact) mass is 510 g/mol. The fraction of sp³-hybridized carbons (Fsp3) is 0.100. The van der Waals surface area contributed by atoms with Gasteiger partial charge >= 0.3 is 0 Å². The van der Waals surface area contributed by atoms with Crippen LogP contribution in [0.2, 0.25) is 0 Å². The molecular weight excluding hydrogens is 480 g/mol. The Kier molecular flexibility index (Phi) is 5.19. The van der Waals surface area contributed by atoms with Crippen LogP contribution < -0.4 is 0 Å². The first-order chi connectivity index (χ1) is 19.8. The molecule has 0 atom stereocenters. The van der Waals surface area contributed by atoms with Crippen molar-refractivity contribution in [2.45, 2.75) is 23.7 Å². The molecule has 0 radical (unpaired) electrons. The molecule has 0 aliphatic heterocycles. The molecule has 0 fully saturated rings. The number of hydrogen-bond acceptors (Lipinski definition) is 0. The standard InChI is InChI=1S/C40H30/c1-5-16-31(17-6-1)39(32-18-7-2-8-19-32)27-26-36-38-35(39)25-24-29-14-13-15-30(37(29)38)28-40(36,33-20-9-3-10-21-33)34-22-11-4-12-23-34/h1-26H,27-28H2. The summed E-state index contributed by atoms with van der Waals surface area (Å²) >= 11 is 0. The molecular formula is C40H30. The van der Waals surface area contributed by atoms with Crippen LogP contribution in [0.15, 0.2) is 158 Å². The van der Waals surface area contributed by atoms with Crippen molar-refractivity contribution in [3.63, 3.8) is 0 Å². The van der Waals surface area contributed by atoms with Crippen molar-refractivity contribution in [2.75, 3.05) is 0 Å². The Balaban J connectivity index is 1.53. The van der Waals surface area contributed by atoms with Crippen LogP contribution in [0.4, 0.5) is 0 Å². The van der Waals surface area contributed by atoms with Gasteiger partial charge in [0.25, 0.3) is 0 Å². The molecule has 0 aromatic heterocycles. The average molecular weight is 511 g/mol. The molecule has 6 aromatic rings. The lowest BCUT2D eigenvalue weighted by Gasteiger charge is -2.48. The zero-order valence-electron chi connectivity index (χ0n) is 22.4. The van der Waals surface area contributed by atoms with Gasteiger partial charge in [-0.15, -0.1) is 0 Å². The van der Waals surface area contributed by atoms with Crippen LogP contribution in [0, 0.1) is 0 Å². The first-order valence-electron chi connectivity index (χ1n) is 14.3. The van der Waals surface area contributed by atoms with E-state index in [0.29, 0.717) is 0 Å². The van der Waals surface area contributed by atoms with Crippen LogP contribution in [0.3, 0.4) is 0 Å². The maximum Gasteiger partial charge on any atom is 0.0494 e. The fourth-order valence-electron chi connectivity index (χ4n) is 7.76. The van der Waals surface area contributed by atoms with E-state index < -0.39 is 0 Å². The predicted octanol–water partition coefficient (Wildman–Crippen LogP) is 9.50. The summed E-state index contributed by atoms with van der Waals surface area (Å²) in [5.74, 6) is 0. The molecule has 0 unspecified atom stereocenters. The summed E-state index contributed by atoms with van der Waals surface area (Å²) in [5, 5.41) is 2.75. The lowest BCUT2D eigenvalue weighted by Crippen LogP contribution is -2.40. The van der Waals surface area contributed by atoms with E-state index >= 15 is 0 Å². The molecule has 2 aliphatic carbocycles. The summed E-state index contributed by atoms with van der Waals surface area (Å²) < 4.78 is 0. The molecule has 0 heterocycles. The summed E-state index contributed by atoms with van der Waals surface area (Å²) in [6, 6.07) is 56.4. The second-order valence-corrected chi connectivity index (χ2v) is 11.3. The van der Waals surface area contributed by atoms with Crippen molar-refractivity contribution in [2.24, 2.45) is 0 Å². The largest absolute Gasteiger partial charge is 0.0779 e. The highest BCUT2D eigenvalue weighted by Crippen LogP contribution is 2.59. The molecule has 2 aliphatic rings. The predicted molar refractivity (Wildman–Crippen MR) is 167 cm³/mol. The van der Waals surface area contributed by atoms with E-state index in [1.807, 2.05) is 0 Å². The topological polar surface area (TPSA) is 0 Å². The molecule has 190 valence electrons. The summed E-state index contributed by atoms with van der Waals surface area (Å²) in [6.07, 6.45) is 4.46. The molecule has 0 N–H and O–H groups in total. The Labute approximate surface area is 236 Å². The third-order valence-corrected chi connectivity index (χ3v) is 9.46. The van der Waals surface area contributed by atoms with Gasteiger partial charge in [0.15, 0.2) is 0 Å². The van der Waals surface area contributed by atoms with Crippen LogP contribution in [0.5, 0.6) is 0 Å². The second kappa shape index (κ2) is 8.93. The molecule has 8 rings (SSSR count). The van der Waals surface area contributed by atoms with Crippen molar-refractivity contribution in [3.05, 3.63) is 197 Å². The second-order valence-electron chi connectivity index (χ2n) is 11.3. The van der Waals surface area contributed by atoms with Gasteiger partial charge in [-0.3, -0.25) is 0 Å². The van der Waals surface area contributed by atoms with Crippen molar-refractivity contribution >= 4 is 16.3 Å². The number of hydrogen-bond donors (Lipinski definition) is 0. The lowest BCUT2D eigenvalue weighted by atomic mass is 9.54. The van der Waals surface area contributed by atoms with E-state index in [1.54, 1.807) is 0 Å². The molecule has 0 spiro atoms. The van der Waals surface area contributed by atoms with Crippen LogP contribution in [-0.2, 0) is 17.3 Å². The Morgan fingerprint density at radius 2 is 0.925 bits per heavy atom. The summed E-state index contributed by atoms with van der Waals surface area (Å²) in [6.45, 7) is 0. The highest BCUT2D eigenvalue weighted by Gasteiger charge is 2.49. The highest BCUT2D eigenvalue weighted by molar-refractivity contribution is 6.04. The molecule has 0 bridgehead atoms. The zero-order chi connectivity index (χ0) is 26.6. The lowest BCUT2D eigenvalue weighted by molar-refractivity contribution is 0.590. The van der Waals surface area contributed by atoms with Gasteiger partial charge in [-0.05, 0) is 68.1 Å². The van der Waals surface area contributed by atoms with Crippen molar-refractivity contribution in [1.29, 1.82) is 0 Å². The Morgan fingerprint density at radius 3 is 1.45 bits per heavy atom. The van der Waals surface area contributed by atoms with E-state index in [0.717, 1.165) is 12.8 Å². The van der Waals surface area contributed by atoms with E-state index in [4.69, 9.17) is 0 Å². The maximum absolute atomic E-state index is 2.59. The molecule has 0 nitrogen and oxygen atoms in total. The van der Waals surface area contributed by atoms with E-state index in [9.17, 15) is 0 Å². The van der Waals surface area contributed by atoms with Gasteiger partial charge in [-0.25, -0.2) is 0 Å². The van der Waals surface area contributed by atoms with Crippen LogP contribution in [0.25, 0.3) is 16.3 Å². The van der Waals surface area contributed by atoms with E-state index in [1.165, 1.54) is 55.3 Å². The molecule has 6 aromatic carbocycles. The SMILES string of the molecule is C1=C2c3c(ccc4cccc(c34)CC2(c2ccccc2)c2ccccc2)C(c2ccccc2)(c2ccccc2)C1. The summed E-state index contributed by atoms with van der Waals surface area (Å²) in [7, 11) is 0. The van der Waals surface area contributed by atoms with E-state index in [2.05, 4.69) is 158 Å². The summed E-state index contributed by atoms with van der Waals surface area (Å²) in [5.41, 5.74) is 10.6. The summed E-state index contributed by atoms with van der Waals surface area (Å²) in [4.78, 5) is 0.